The lowest BCUT2D eigenvalue weighted by atomic mass is 10.3. The zero-order chi connectivity index (χ0) is 16.4. The summed E-state index contributed by atoms with van der Waals surface area (Å²) < 4.78 is 0. The molecule has 1 aliphatic heterocycles. The van der Waals surface area contributed by atoms with Crippen LogP contribution in [0.3, 0.4) is 0 Å². The molecular weight excluding hydrogens is 340 g/mol. The van der Waals surface area contributed by atoms with Gasteiger partial charge in [0.15, 0.2) is 0 Å². The van der Waals surface area contributed by atoms with Crippen molar-refractivity contribution in [3.63, 3.8) is 0 Å². The number of pyridine rings is 1. The van der Waals surface area contributed by atoms with E-state index in [9.17, 15) is 4.79 Å². The summed E-state index contributed by atoms with van der Waals surface area (Å²) in [6.07, 6.45) is 4.14. The van der Waals surface area contributed by atoms with Crippen LogP contribution in [-0.2, 0) is 0 Å². The molecule has 7 heteroatoms. The Bertz CT molecular complexity index is 821. The molecule has 3 aromatic heterocycles. The highest BCUT2D eigenvalue weighted by Crippen LogP contribution is 2.26. The molecule has 0 aliphatic carbocycles. The van der Waals surface area contributed by atoms with Gasteiger partial charge in [-0.2, -0.15) is 11.3 Å². The minimum absolute atomic E-state index is 0.205. The molecule has 1 amide bonds. The number of hydrogen-bond acceptors (Lipinski definition) is 6. The Balaban J connectivity index is 1.44. The predicted octanol–water partition coefficient (Wildman–Crippen LogP) is 4.12. The molecule has 0 aromatic carbocycles. The maximum atomic E-state index is 12.3. The summed E-state index contributed by atoms with van der Waals surface area (Å²) in [5, 5.41) is 9.55. The van der Waals surface area contributed by atoms with Crippen LogP contribution in [-0.4, -0.2) is 29.0 Å². The number of carbonyl (C=O) groups excluding carboxylic acids is 1. The smallest absolute Gasteiger partial charge is 0.275 e. The molecule has 3 aromatic rings. The third kappa shape index (κ3) is 3.18. The van der Waals surface area contributed by atoms with Gasteiger partial charge in [-0.3, -0.25) is 4.79 Å². The summed E-state index contributed by atoms with van der Waals surface area (Å²) in [6.45, 7) is 2.12. The van der Waals surface area contributed by atoms with Crippen LogP contribution in [0.1, 0.15) is 23.3 Å². The van der Waals surface area contributed by atoms with E-state index in [2.05, 4.69) is 20.2 Å². The Kier molecular flexibility index (Phi) is 4.27. The number of aromatic nitrogens is 2. The standard InChI is InChI=1S/C17H16N4OS2/c22-16(14-11-24-17(20-14)12-5-8-23-10-12)19-13-3-4-15(18-9-13)21-6-1-2-7-21/h3-5,8-11H,1-2,6-7H2,(H,19,22). The highest BCUT2D eigenvalue weighted by Gasteiger charge is 2.15. The number of anilines is 2. The van der Waals surface area contributed by atoms with Gasteiger partial charge in [0.05, 0.1) is 11.9 Å². The van der Waals surface area contributed by atoms with Gasteiger partial charge in [-0.05, 0) is 36.4 Å². The average molecular weight is 356 g/mol. The number of rotatable bonds is 4. The first-order valence-corrected chi connectivity index (χ1v) is 9.62. The van der Waals surface area contributed by atoms with Gasteiger partial charge >= 0.3 is 0 Å². The highest BCUT2D eigenvalue weighted by molar-refractivity contribution is 7.14. The van der Waals surface area contributed by atoms with Crippen LogP contribution >= 0.6 is 22.7 Å². The van der Waals surface area contributed by atoms with Crippen molar-refractivity contribution in [1.82, 2.24) is 9.97 Å². The Morgan fingerprint density at radius 2 is 2.04 bits per heavy atom. The van der Waals surface area contributed by atoms with Crippen LogP contribution in [0.5, 0.6) is 0 Å². The van der Waals surface area contributed by atoms with Crippen LogP contribution < -0.4 is 10.2 Å². The maximum Gasteiger partial charge on any atom is 0.275 e. The zero-order valence-electron chi connectivity index (χ0n) is 12.9. The SMILES string of the molecule is O=C(Nc1ccc(N2CCCC2)nc1)c1csc(-c2ccsc2)n1. The van der Waals surface area contributed by atoms with Crippen molar-refractivity contribution >= 4 is 40.1 Å². The second-order valence-corrected chi connectivity index (χ2v) is 7.24. The minimum atomic E-state index is -0.205. The van der Waals surface area contributed by atoms with Gasteiger partial charge in [0.1, 0.15) is 16.5 Å². The van der Waals surface area contributed by atoms with Crippen molar-refractivity contribution in [3.05, 3.63) is 46.2 Å². The van der Waals surface area contributed by atoms with E-state index < -0.39 is 0 Å². The van der Waals surface area contributed by atoms with E-state index >= 15 is 0 Å². The molecule has 1 aliphatic rings. The molecule has 0 saturated carbocycles. The molecule has 24 heavy (non-hydrogen) atoms. The molecule has 1 fully saturated rings. The molecule has 5 nitrogen and oxygen atoms in total. The fraction of sp³-hybridized carbons (Fsp3) is 0.235. The van der Waals surface area contributed by atoms with E-state index in [1.165, 1.54) is 24.2 Å². The molecule has 1 N–H and O–H groups in total. The topological polar surface area (TPSA) is 58.1 Å². The number of carbonyl (C=O) groups is 1. The van der Waals surface area contributed by atoms with Crippen LogP contribution in [0.25, 0.3) is 10.6 Å². The van der Waals surface area contributed by atoms with Crippen LogP contribution in [0, 0.1) is 0 Å². The van der Waals surface area contributed by atoms with Gasteiger partial charge in [0.25, 0.3) is 5.91 Å². The maximum absolute atomic E-state index is 12.3. The van der Waals surface area contributed by atoms with E-state index in [4.69, 9.17) is 0 Å². The third-order valence-corrected chi connectivity index (χ3v) is 5.52. The molecule has 0 bridgehead atoms. The van der Waals surface area contributed by atoms with E-state index in [1.54, 1.807) is 22.9 Å². The second kappa shape index (κ2) is 6.70. The number of thiophene rings is 1. The van der Waals surface area contributed by atoms with Crippen molar-refractivity contribution in [2.45, 2.75) is 12.8 Å². The second-order valence-electron chi connectivity index (χ2n) is 5.60. The summed E-state index contributed by atoms with van der Waals surface area (Å²) >= 11 is 3.10. The molecule has 0 atom stereocenters. The van der Waals surface area contributed by atoms with E-state index in [-0.39, 0.29) is 5.91 Å². The van der Waals surface area contributed by atoms with Gasteiger partial charge in [-0.15, -0.1) is 11.3 Å². The zero-order valence-corrected chi connectivity index (χ0v) is 14.6. The largest absolute Gasteiger partial charge is 0.357 e. The molecule has 0 spiro atoms. The molecule has 122 valence electrons. The molecular formula is C17H16N4OS2. The van der Waals surface area contributed by atoms with Crippen molar-refractivity contribution in [3.8, 4) is 10.6 Å². The van der Waals surface area contributed by atoms with Gasteiger partial charge < -0.3 is 10.2 Å². The molecule has 4 heterocycles. The minimum Gasteiger partial charge on any atom is -0.357 e. The quantitative estimate of drug-likeness (QED) is 0.764. The first kappa shape index (κ1) is 15.3. The van der Waals surface area contributed by atoms with Crippen molar-refractivity contribution in [2.24, 2.45) is 0 Å². The Labute approximate surface area is 148 Å². The Morgan fingerprint density at radius 1 is 1.17 bits per heavy atom. The summed E-state index contributed by atoms with van der Waals surface area (Å²) in [6, 6.07) is 5.86. The number of nitrogens with one attached hydrogen (secondary N) is 1. The third-order valence-electron chi connectivity index (χ3n) is 3.94. The molecule has 0 unspecified atom stereocenters. The molecule has 1 saturated heterocycles. The number of nitrogens with zero attached hydrogens (tertiary/aromatic N) is 3. The number of amides is 1. The van der Waals surface area contributed by atoms with Gasteiger partial charge in [0.2, 0.25) is 0 Å². The number of thiazole rings is 1. The van der Waals surface area contributed by atoms with Crippen molar-refractivity contribution < 1.29 is 4.79 Å². The average Bonchev–Trinajstić information content (AvgIpc) is 3.35. The fourth-order valence-electron chi connectivity index (χ4n) is 2.69. The summed E-state index contributed by atoms with van der Waals surface area (Å²) in [4.78, 5) is 23.5. The van der Waals surface area contributed by atoms with E-state index in [0.29, 0.717) is 11.4 Å². The first-order valence-electron chi connectivity index (χ1n) is 7.80. The van der Waals surface area contributed by atoms with Crippen molar-refractivity contribution in [2.75, 3.05) is 23.3 Å². The highest BCUT2D eigenvalue weighted by atomic mass is 32.1. The summed E-state index contributed by atoms with van der Waals surface area (Å²) in [7, 11) is 0. The monoisotopic (exact) mass is 356 g/mol. The lowest BCUT2D eigenvalue weighted by Gasteiger charge is -2.16. The lowest BCUT2D eigenvalue weighted by Crippen LogP contribution is -2.19. The predicted molar refractivity (Wildman–Crippen MR) is 99.1 cm³/mol. The Hall–Kier alpha value is -2.25. The van der Waals surface area contributed by atoms with Crippen LogP contribution in [0.4, 0.5) is 11.5 Å². The first-order chi connectivity index (χ1) is 11.8. The Morgan fingerprint density at radius 3 is 2.75 bits per heavy atom. The fourth-order valence-corrected chi connectivity index (χ4v) is 4.20. The van der Waals surface area contributed by atoms with Gasteiger partial charge in [-0.25, -0.2) is 9.97 Å². The molecule has 0 radical (unpaired) electrons. The molecule has 4 rings (SSSR count). The van der Waals surface area contributed by atoms with Gasteiger partial charge in [-0.1, -0.05) is 0 Å². The normalized spacial score (nSPS) is 14.1. The van der Waals surface area contributed by atoms with Crippen LogP contribution in [0.15, 0.2) is 40.5 Å². The van der Waals surface area contributed by atoms with Crippen LogP contribution in [0.2, 0.25) is 0 Å². The summed E-state index contributed by atoms with van der Waals surface area (Å²) in [5.41, 5.74) is 2.18. The van der Waals surface area contributed by atoms with E-state index in [0.717, 1.165) is 29.5 Å². The number of hydrogen-bond donors (Lipinski definition) is 1. The van der Waals surface area contributed by atoms with E-state index in [1.807, 2.05) is 29.0 Å². The van der Waals surface area contributed by atoms with Crippen molar-refractivity contribution in [1.29, 1.82) is 0 Å². The summed E-state index contributed by atoms with van der Waals surface area (Å²) in [5.74, 6) is 0.766. The van der Waals surface area contributed by atoms with Gasteiger partial charge in [0, 0.05) is 29.4 Å². The lowest BCUT2D eigenvalue weighted by molar-refractivity contribution is 0.102.